The van der Waals surface area contributed by atoms with E-state index >= 15 is 0 Å². The van der Waals surface area contributed by atoms with Crippen LogP contribution in [0, 0.1) is 0 Å². The van der Waals surface area contributed by atoms with Gasteiger partial charge in [0.15, 0.2) is 0 Å². The number of carboxylic acid groups (broad SMARTS) is 1. The van der Waals surface area contributed by atoms with Crippen molar-refractivity contribution in [2.45, 2.75) is 13.5 Å². The number of ether oxygens (including phenoxy) is 1. The third-order valence-electron chi connectivity index (χ3n) is 4.01. The summed E-state index contributed by atoms with van der Waals surface area (Å²) in [6, 6.07) is 11.5. The summed E-state index contributed by atoms with van der Waals surface area (Å²) in [6.45, 7) is 2.24. The molecule has 2 amide bonds. The molecule has 0 aliphatic carbocycles. The Balaban J connectivity index is 1.72. The van der Waals surface area contributed by atoms with Crippen LogP contribution >= 0.6 is 23.4 Å². The number of aromatic carboxylic acids is 1. The van der Waals surface area contributed by atoms with Gasteiger partial charge >= 0.3 is 5.97 Å². The lowest BCUT2D eigenvalue weighted by atomic mass is 10.1. The second-order valence-electron chi connectivity index (χ2n) is 5.91. The van der Waals surface area contributed by atoms with Crippen LogP contribution in [-0.2, 0) is 11.4 Å². The molecule has 1 N–H and O–H groups in total. The second-order valence-corrected chi connectivity index (χ2v) is 7.31. The molecule has 1 aliphatic heterocycles. The molecule has 144 valence electrons. The minimum atomic E-state index is -1.00. The molecule has 1 fully saturated rings. The van der Waals surface area contributed by atoms with E-state index < -0.39 is 5.97 Å². The summed E-state index contributed by atoms with van der Waals surface area (Å²) in [7, 11) is 0. The van der Waals surface area contributed by atoms with Crippen molar-refractivity contribution in [1.29, 1.82) is 0 Å². The summed E-state index contributed by atoms with van der Waals surface area (Å²) in [6.07, 6.45) is 1.62. The number of thioether (sulfide) groups is 1. The molecular weight excluding hydrogens is 402 g/mol. The fourth-order valence-corrected chi connectivity index (χ4v) is 3.75. The van der Waals surface area contributed by atoms with Gasteiger partial charge in [-0.3, -0.25) is 14.5 Å². The van der Waals surface area contributed by atoms with Crippen LogP contribution in [0.4, 0.5) is 4.79 Å². The highest BCUT2D eigenvalue weighted by molar-refractivity contribution is 8.18. The molecule has 6 nitrogen and oxygen atoms in total. The number of hydrogen-bond donors (Lipinski definition) is 1. The average molecular weight is 418 g/mol. The van der Waals surface area contributed by atoms with Crippen molar-refractivity contribution in [3.8, 4) is 5.75 Å². The third-order valence-corrected chi connectivity index (χ3v) is 5.21. The van der Waals surface area contributed by atoms with Crippen molar-refractivity contribution in [3.05, 3.63) is 69.1 Å². The Kier molecular flexibility index (Phi) is 6.06. The molecular formula is C20H16ClNO5S. The highest BCUT2D eigenvalue weighted by Crippen LogP contribution is 2.33. The molecule has 1 saturated heterocycles. The van der Waals surface area contributed by atoms with E-state index in [1.165, 1.54) is 17.0 Å². The van der Waals surface area contributed by atoms with Gasteiger partial charge in [-0.05, 0) is 60.2 Å². The van der Waals surface area contributed by atoms with E-state index in [2.05, 4.69) is 0 Å². The molecule has 0 bridgehead atoms. The van der Waals surface area contributed by atoms with Crippen molar-refractivity contribution in [1.82, 2.24) is 4.90 Å². The fourth-order valence-electron chi connectivity index (χ4n) is 2.60. The van der Waals surface area contributed by atoms with Crippen LogP contribution in [-0.4, -0.2) is 33.7 Å². The Morgan fingerprint density at radius 1 is 1.25 bits per heavy atom. The minimum absolute atomic E-state index is 0.162. The topological polar surface area (TPSA) is 83.9 Å². The van der Waals surface area contributed by atoms with Gasteiger partial charge in [0.1, 0.15) is 12.4 Å². The zero-order chi connectivity index (χ0) is 20.3. The maximum Gasteiger partial charge on any atom is 0.335 e. The van der Waals surface area contributed by atoms with E-state index in [-0.39, 0.29) is 23.3 Å². The zero-order valence-corrected chi connectivity index (χ0v) is 16.4. The lowest BCUT2D eigenvalue weighted by Gasteiger charge is -2.09. The molecule has 0 aromatic heterocycles. The van der Waals surface area contributed by atoms with Crippen molar-refractivity contribution >= 4 is 46.6 Å². The van der Waals surface area contributed by atoms with Crippen LogP contribution < -0.4 is 4.74 Å². The standard InChI is InChI=1S/C20H16ClNO5S/c1-2-22-18(23)17(28-20(22)26)10-12-6-7-16(15(21)9-12)27-11-13-4-3-5-14(8-13)19(24)25/h3-10H,2,11H2,1H3,(H,24,25)/b17-10+. The van der Waals surface area contributed by atoms with Crippen molar-refractivity contribution in [3.63, 3.8) is 0 Å². The molecule has 1 heterocycles. The fraction of sp³-hybridized carbons (Fsp3) is 0.150. The molecule has 0 atom stereocenters. The first-order valence-corrected chi connectivity index (χ1v) is 9.58. The molecule has 0 radical (unpaired) electrons. The SMILES string of the molecule is CCN1C(=O)S/C(=C/c2ccc(OCc3cccc(C(=O)O)c3)c(Cl)c2)C1=O. The maximum atomic E-state index is 12.2. The molecule has 0 unspecified atom stereocenters. The predicted molar refractivity (Wildman–Crippen MR) is 108 cm³/mol. The number of imide groups is 1. The highest BCUT2D eigenvalue weighted by Gasteiger charge is 2.33. The van der Waals surface area contributed by atoms with Gasteiger partial charge < -0.3 is 9.84 Å². The Morgan fingerprint density at radius 3 is 2.68 bits per heavy atom. The zero-order valence-electron chi connectivity index (χ0n) is 14.8. The number of halogens is 1. The van der Waals surface area contributed by atoms with Gasteiger partial charge in [0, 0.05) is 6.54 Å². The van der Waals surface area contributed by atoms with E-state index in [1.54, 1.807) is 43.3 Å². The van der Waals surface area contributed by atoms with Crippen molar-refractivity contribution in [2.75, 3.05) is 6.54 Å². The van der Waals surface area contributed by atoms with Crippen molar-refractivity contribution in [2.24, 2.45) is 0 Å². The van der Waals surface area contributed by atoms with Gasteiger partial charge in [0.2, 0.25) is 0 Å². The number of carbonyl (C=O) groups is 3. The number of amides is 2. The number of carboxylic acids is 1. The number of benzene rings is 2. The minimum Gasteiger partial charge on any atom is -0.487 e. The Bertz CT molecular complexity index is 988. The summed E-state index contributed by atoms with van der Waals surface area (Å²) >= 11 is 7.17. The number of carbonyl (C=O) groups excluding carboxylic acids is 2. The van der Waals surface area contributed by atoms with Crippen LogP contribution in [0.3, 0.4) is 0 Å². The largest absolute Gasteiger partial charge is 0.487 e. The van der Waals surface area contributed by atoms with E-state index in [4.69, 9.17) is 21.4 Å². The Hall–Kier alpha value is -2.77. The summed E-state index contributed by atoms with van der Waals surface area (Å²) in [5, 5.41) is 9.10. The van der Waals surface area contributed by atoms with Crippen LogP contribution in [0.25, 0.3) is 6.08 Å². The molecule has 8 heteroatoms. The molecule has 3 rings (SSSR count). The number of hydrogen-bond acceptors (Lipinski definition) is 5. The highest BCUT2D eigenvalue weighted by atomic mass is 35.5. The van der Waals surface area contributed by atoms with Gasteiger partial charge in [-0.1, -0.05) is 29.8 Å². The lowest BCUT2D eigenvalue weighted by molar-refractivity contribution is -0.122. The van der Waals surface area contributed by atoms with E-state index in [0.717, 1.165) is 11.8 Å². The van der Waals surface area contributed by atoms with E-state index in [0.29, 0.717) is 33.3 Å². The second kappa shape index (κ2) is 8.50. The molecule has 2 aromatic rings. The molecule has 0 spiro atoms. The first-order valence-electron chi connectivity index (χ1n) is 8.39. The van der Waals surface area contributed by atoms with E-state index in [1.807, 2.05) is 0 Å². The summed E-state index contributed by atoms with van der Waals surface area (Å²) in [4.78, 5) is 36.5. The Labute approximate surface area is 170 Å². The van der Waals surface area contributed by atoms with E-state index in [9.17, 15) is 14.4 Å². The summed E-state index contributed by atoms with van der Waals surface area (Å²) in [5.74, 6) is -0.884. The maximum absolute atomic E-state index is 12.2. The first kappa shape index (κ1) is 20.0. The number of nitrogens with zero attached hydrogens (tertiary/aromatic N) is 1. The predicted octanol–water partition coefficient (Wildman–Crippen LogP) is 4.67. The Morgan fingerprint density at radius 2 is 2.04 bits per heavy atom. The smallest absolute Gasteiger partial charge is 0.335 e. The number of likely N-dealkylation sites (N-methyl/N-ethyl adjacent to an activating group) is 1. The molecule has 1 aliphatic rings. The molecule has 2 aromatic carbocycles. The van der Waals surface area contributed by atoms with Crippen LogP contribution in [0.15, 0.2) is 47.4 Å². The lowest BCUT2D eigenvalue weighted by Crippen LogP contribution is -2.27. The van der Waals surface area contributed by atoms with Gasteiger partial charge in [-0.15, -0.1) is 0 Å². The summed E-state index contributed by atoms with van der Waals surface area (Å²) in [5.41, 5.74) is 1.56. The van der Waals surface area contributed by atoms with Crippen LogP contribution in [0.2, 0.25) is 5.02 Å². The normalized spacial score (nSPS) is 15.4. The summed E-state index contributed by atoms with van der Waals surface area (Å²) < 4.78 is 5.68. The van der Waals surface area contributed by atoms with Crippen molar-refractivity contribution < 1.29 is 24.2 Å². The van der Waals surface area contributed by atoms with Gasteiger partial charge in [-0.25, -0.2) is 4.79 Å². The number of rotatable bonds is 6. The van der Waals surface area contributed by atoms with Crippen LogP contribution in [0.1, 0.15) is 28.4 Å². The average Bonchev–Trinajstić information content (AvgIpc) is 2.94. The quantitative estimate of drug-likeness (QED) is 0.687. The molecule has 0 saturated carbocycles. The third kappa shape index (κ3) is 4.37. The van der Waals surface area contributed by atoms with Gasteiger partial charge in [0.05, 0.1) is 15.5 Å². The molecule has 28 heavy (non-hydrogen) atoms. The van der Waals surface area contributed by atoms with Crippen LogP contribution in [0.5, 0.6) is 5.75 Å². The first-order chi connectivity index (χ1) is 13.4. The van der Waals surface area contributed by atoms with Gasteiger partial charge in [-0.2, -0.15) is 0 Å². The monoisotopic (exact) mass is 417 g/mol. The van der Waals surface area contributed by atoms with Gasteiger partial charge in [0.25, 0.3) is 11.1 Å².